The van der Waals surface area contributed by atoms with Gasteiger partial charge in [0.25, 0.3) is 0 Å². The zero-order chi connectivity index (χ0) is 25.1. The lowest BCUT2D eigenvalue weighted by atomic mass is 9.88. The Bertz CT molecular complexity index is 1070. The number of allylic oxidation sites excluding steroid dienone is 2. The van der Waals surface area contributed by atoms with Gasteiger partial charge in [-0.2, -0.15) is 0 Å². The predicted octanol–water partition coefficient (Wildman–Crippen LogP) is 4.11. The molecule has 0 radical (unpaired) electrons. The molecule has 0 bridgehead atoms. The van der Waals surface area contributed by atoms with Crippen LogP contribution in [0.25, 0.3) is 5.57 Å². The number of hydrogen-bond donors (Lipinski definition) is 3. The van der Waals surface area contributed by atoms with Crippen molar-refractivity contribution >= 4 is 28.8 Å². The molecule has 0 saturated carbocycles. The van der Waals surface area contributed by atoms with Crippen LogP contribution in [0.3, 0.4) is 0 Å². The first kappa shape index (κ1) is 25.0. The Morgan fingerprint density at radius 1 is 1.09 bits per heavy atom. The summed E-state index contributed by atoms with van der Waals surface area (Å²) in [5.41, 5.74) is 11.0. The third-order valence-electron chi connectivity index (χ3n) is 6.76. The van der Waals surface area contributed by atoms with Gasteiger partial charge in [0.05, 0.1) is 17.5 Å². The van der Waals surface area contributed by atoms with Crippen LogP contribution in [0.4, 0.5) is 17.3 Å². The molecule has 2 aromatic rings. The lowest BCUT2D eigenvalue weighted by Crippen LogP contribution is -2.53. The first-order valence-electron chi connectivity index (χ1n) is 12.7. The molecule has 188 valence electrons. The van der Waals surface area contributed by atoms with E-state index >= 15 is 0 Å². The minimum Gasteiger partial charge on any atom is -0.512 e. The average molecular weight is 479 g/mol. The van der Waals surface area contributed by atoms with Crippen LogP contribution in [0.2, 0.25) is 0 Å². The number of aliphatic hydroxyl groups is 1. The Morgan fingerprint density at radius 3 is 2.40 bits per heavy atom. The standard InChI is InChI=1S/C27H38N6O2/c1-17(2)15-22(28)26(35)33-13-11-32(12-14-33)21-8-6-20(7-9-21)30-27-29-16-19-5-10-23(34)24(18(3)4)25(19)31-27/h6-9,16-18,22,34H,5,10-15,28H2,1-4H3,(H,29,30,31). The van der Waals surface area contributed by atoms with Crippen LogP contribution in [0, 0.1) is 11.8 Å². The zero-order valence-electron chi connectivity index (χ0n) is 21.3. The summed E-state index contributed by atoms with van der Waals surface area (Å²) in [5, 5.41) is 13.7. The third-order valence-corrected chi connectivity index (χ3v) is 6.76. The van der Waals surface area contributed by atoms with Gasteiger partial charge in [0, 0.05) is 55.7 Å². The summed E-state index contributed by atoms with van der Waals surface area (Å²) in [6.07, 6.45) is 3.99. The lowest BCUT2D eigenvalue weighted by molar-refractivity contribution is -0.133. The van der Waals surface area contributed by atoms with E-state index in [1.54, 1.807) is 0 Å². The van der Waals surface area contributed by atoms with E-state index in [2.05, 4.69) is 55.0 Å². The highest BCUT2D eigenvalue weighted by Gasteiger charge is 2.26. The van der Waals surface area contributed by atoms with Crippen molar-refractivity contribution in [3.63, 3.8) is 0 Å². The summed E-state index contributed by atoms with van der Waals surface area (Å²) in [6, 6.07) is 7.78. The van der Waals surface area contributed by atoms with E-state index < -0.39 is 6.04 Å². The summed E-state index contributed by atoms with van der Waals surface area (Å²) in [7, 11) is 0. The molecule has 1 fully saturated rings. The maximum absolute atomic E-state index is 12.6. The molecule has 8 heteroatoms. The van der Waals surface area contributed by atoms with Crippen LogP contribution >= 0.6 is 0 Å². The van der Waals surface area contributed by atoms with E-state index in [0.29, 0.717) is 37.1 Å². The fourth-order valence-corrected chi connectivity index (χ4v) is 4.93. The molecular formula is C27H38N6O2. The number of carbonyl (C=O) groups excluding carboxylic acids is 1. The molecule has 4 N–H and O–H groups in total. The Labute approximate surface area is 208 Å². The van der Waals surface area contributed by atoms with Gasteiger partial charge in [-0.25, -0.2) is 9.97 Å². The van der Waals surface area contributed by atoms with Crippen molar-refractivity contribution in [2.45, 2.75) is 53.0 Å². The molecule has 8 nitrogen and oxygen atoms in total. The molecule has 1 aromatic heterocycles. The Morgan fingerprint density at radius 2 is 1.77 bits per heavy atom. The minimum absolute atomic E-state index is 0.0618. The number of aryl methyl sites for hydroxylation is 1. The first-order valence-corrected chi connectivity index (χ1v) is 12.7. The average Bonchev–Trinajstić information content (AvgIpc) is 2.83. The molecule has 2 heterocycles. The van der Waals surface area contributed by atoms with Crippen molar-refractivity contribution in [3.05, 3.63) is 47.5 Å². The highest BCUT2D eigenvalue weighted by atomic mass is 16.3. The predicted molar refractivity (Wildman–Crippen MR) is 141 cm³/mol. The molecule has 1 saturated heterocycles. The molecule has 1 aliphatic heterocycles. The second-order valence-corrected chi connectivity index (χ2v) is 10.3. The molecule has 1 unspecified atom stereocenters. The molecule has 2 aliphatic rings. The number of anilines is 3. The van der Waals surface area contributed by atoms with Gasteiger partial charge < -0.3 is 26.0 Å². The highest BCUT2D eigenvalue weighted by molar-refractivity contribution is 5.82. The quantitative estimate of drug-likeness (QED) is 0.549. The van der Waals surface area contributed by atoms with Gasteiger partial charge in [0.2, 0.25) is 11.9 Å². The van der Waals surface area contributed by atoms with Gasteiger partial charge in [-0.3, -0.25) is 4.79 Å². The molecular weight excluding hydrogens is 440 g/mol. The van der Waals surface area contributed by atoms with E-state index in [1.807, 2.05) is 23.2 Å². The SMILES string of the molecule is CC(C)CC(N)C(=O)N1CCN(c2ccc(Nc3ncc4c(n3)C(C(C)C)=C(O)CC4)cc2)CC1. The topological polar surface area (TPSA) is 108 Å². The molecule has 35 heavy (non-hydrogen) atoms. The van der Waals surface area contributed by atoms with Crippen molar-refractivity contribution in [2.75, 3.05) is 36.4 Å². The largest absolute Gasteiger partial charge is 0.512 e. The maximum Gasteiger partial charge on any atom is 0.239 e. The summed E-state index contributed by atoms with van der Waals surface area (Å²) in [6.45, 7) is 11.3. The second kappa shape index (κ2) is 10.6. The lowest BCUT2D eigenvalue weighted by Gasteiger charge is -2.37. The molecule has 1 aromatic carbocycles. The number of carbonyl (C=O) groups is 1. The number of amides is 1. The fraction of sp³-hybridized carbons (Fsp3) is 0.519. The summed E-state index contributed by atoms with van der Waals surface area (Å²) < 4.78 is 0. The third kappa shape index (κ3) is 5.75. The van der Waals surface area contributed by atoms with E-state index in [-0.39, 0.29) is 11.8 Å². The Kier molecular flexibility index (Phi) is 7.60. The fourth-order valence-electron chi connectivity index (χ4n) is 4.93. The van der Waals surface area contributed by atoms with Crippen LogP contribution in [-0.4, -0.2) is 58.1 Å². The van der Waals surface area contributed by atoms with E-state index in [9.17, 15) is 9.90 Å². The van der Waals surface area contributed by atoms with Crippen molar-refractivity contribution in [1.82, 2.24) is 14.9 Å². The van der Waals surface area contributed by atoms with E-state index in [4.69, 9.17) is 10.7 Å². The Balaban J connectivity index is 1.37. The smallest absolute Gasteiger partial charge is 0.239 e. The van der Waals surface area contributed by atoms with Gasteiger partial charge in [-0.15, -0.1) is 0 Å². The number of aliphatic hydroxyl groups excluding tert-OH is 1. The van der Waals surface area contributed by atoms with Gasteiger partial charge in [-0.1, -0.05) is 27.7 Å². The van der Waals surface area contributed by atoms with Crippen molar-refractivity contribution in [2.24, 2.45) is 17.6 Å². The van der Waals surface area contributed by atoms with Crippen molar-refractivity contribution < 1.29 is 9.90 Å². The van der Waals surface area contributed by atoms with Crippen LogP contribution in [-0.2, 0) is 11.2 Å². The molecule has 1 aliphatic carbocycles. The maximum atomic E-state index is 12.6. The first-order chi connectivity index (χ1) is 16.7. The normalized spacial score (nSPS) is 17.1. The number of fused-ring (bicyclic) bond motifs is 1. The number of nitrogens with one attached hydrogen (secondary N) is 1. The Hall–Kier alpha value is -3.13. The van der Waals surface area contributed by atoms with E-state index in [0.717, 1.165) is 54.1 Å². The minimum atomic E-state index is -0.409. The zero-order valence-corrected chi connectivity index (χ0v) is 21.3. The number of rotatable bonds is 7. The number of nitrogens with zero attached hydrogens (tertiary/aromatic N) is 4. The van der Waals surface area contributed by atoms with Crippen LogP contribution in [0.15, 0.2) is 36.2 Å². The second-order valence-electron chi connectivity index (χ2n) is 10.3. The van der Waals surface area contributed by atoms with Crippen molar-refractivity contribution in [3.8, 4) is 0 Å². The van der Waals surface area contributed by atoms with Gasteiger partial charge in [0.15, 0.2) is 0 Å². The summed E-state index contributed by atoms with van der Waals surface area (Å²) >= 11 is 0. The molecule has 1 amide bonds. The van der Waals surface area contributed by atoms with Gasteiger partial charge in [-0.05, 0) is 54.5 Å². The van der Waals surface area contributed by atoms with Gasteiger partial charge >= 0.3 is 0 Å². The highest BCUT2D eigenvalue weighted by Crippen LogP contribution is 2.34. The van der Waals surface area contributed by atoms with E-state index in [1.165, 1.54) is 0 Å². The monoisotopic (exact) mass is 478 g/mol. The van der Waals surface area contributed by atoms with Crippen LogP contribution < -0.4 is 16.0 Å². The van der Waals surface area contributed by atoms with Crippen LogP contribution in [0.1, 0.15) is 51.8 Å². The summed E-state index contributed by atoms with van der Waals surface area (Å²) in [5.74, 6) is 1.62. The number of hydrogen-bond acceptors (Lipinski definition) is 7. The number of piperazine rings is 1. The number of nitrogens with two attached hydrogens (primary N) is 1. The summed E-state index contributed by atoms with van der Waals surface area (Å²) in [4.78, 5) is 26.0. The molecule has 1 atom stereocenters. The number of benzene rings is 1. The number of aromatic nitrogens is 2. The molecule has 0 spiro atoms. The van der Waals surface area contributed by atoms with Crippen molar-refractivity contribution in [1.29, 1.82) is 0 Å². The van der Waals surface area contributed by atoms with Crippen LogP contribution in [0.5, 0.6) is 0 Å². The van der Waals surface area contributed by atoms with Gasteiger partial charge in [0.1, 0.15) is 0 Å². The molecule has 4 rings (SSSR count).